The van der Waals surface area contributed by atoms with Gasteiger partial charge in [-0.15, -0.1) is 5.10 Å². The molecule has 0 radical (unpaired) electrons. The summed E-state index contributed by atoms with van der Waals surface area (Å²) in [6.07, 6.45) is 2.11. The zero-order chi connectivity index (χ0) is 20.2. The van der Waals surface area contributed by atoms with Crippen LogP contribution in [0, 0.1) is 6.92 Å². The Labute approximate surface area is 169 Å². The van der Waals surface area contributed by atoms with Gasteiger partial charge in [0.15, 0.2) is 5.01 Å². The second-order valence-electron chi connectivity index (χ2n) is 7.57. The molecule has 2 bridgehead atoms. The van der Waals surface area contributed by atoms with Gasteiger partial charge in [-0.1, -0.05) is 16.4 Å². The van der Waals surface area contributed by atoms with Crippen LogP contribution in [0.2, 0.25) is 0 Å². The molecule has 3 unspecified atom stereocenters. The summed E-state index contributed by atoms with van der Waals surface area (Å²) < 4.78 is 35.2. The highest BCUT2D eigenvalue weighted by molar-refractivity contribution is 7.16. The van der Waals surface area contributed by atoms with Crippen molar-refractivity contribution in [3.8, 4) is 27.2 Å². The van der Waals surface area contributed by atoms with Crippen LogP contribution in [0.4, 0.5) is 8.78 Å². The lowest BCUT2D eigenvalue weighted by Crippen LogP contribution is -2.46. The zero-order valence-corrected chi connectivity index (χ0v) is 16.4. The molecule has 2 aliphatic rings. The van der Waals surface area contributed by atoms with Crippen molar-refractivity contribution in [1.29, 1.82) is 0 Å². The van der Waals surface area contributed by atoms with E-state index in [1.807, 2.05) is 25.3 Å². The number of nitrogens with one attached hydrogen (secondary N) is 1. The number of hydrogen-bond acceptors (Lipinski definition) is 7. The Morgan fingerprint density at radius 3 is 2.86 bits per heavy atom. The molecule has 2 aromatic heterocycles. The molecule has 0 aliphatic carbocycles. The molecule has 0 spiro atoms. The Morgan fingerprint density at radius 1 is 1.28 bits per heavy atom. The van der Waals surface area contributed by atoms with E-state index in [0.29, 0.717) is 22.2 Å². The highest BCUT2D eigenvalue weighted by atomic mass is 32.1. The average Bonchev–Trinajstić information content (AvgIpc) is 3.34. The molecular formula is C19H19F2N5O2S. The molecule has 7 nitrogen and oxygen atoms in total. The van der Waals surface area contributed by atoms with Gasteiger partial charge in [-0.25, -0.2) is 13.5 Å². The smallest absolute Gasteiger partial charge is 0.294 e. The molecule has 10 heteroatoms. The van der Waals surface area contributed by atoms with Crippen LogP contribution in [-0.4, -0.2) is 49.2 Å². The minimum atomic E-state index is -2.68. The molecule has 2 fully saturated rings. The highest BCUT2D eigenvalue weighted by Crippen LogP contribution is 2.41. The third-order valence-electron chi connectivity index (χ3n) is 5.38. The fraction of sp³-hybridized carbons (Fsp3) is 0.421. The number of fused-ring (bicyclic) bond motifs is 2. The number of ether oxygens (including phenoxy) is 1. The van der Waals surface area contributed by atoms with E-state index in [2.05, 4.69) is 20.6 Å². The molecular weight excluding hydrogens is 400 g/mol. The molecule has 0 saturated carbocycles. The maximum atomic E-state index is 13.9. The number of halogens is 2. The first-order chi connectivity index (χ1) is 13.9. The summed E-state index contributed by atoms with van der Waals surface area (Å²) in [4.78, 5) is 0. The summed E-state index contributed by atoms with van der Waals surface area (Å²) in [5.74, 6) is -2.63. The summed E-state index contributed by atoms with van der Waals surface area (Å²) in [5, 5.41) is 26.7. The second-order valence-corrected chi connectivity index (χ2v) is 8.51. The van der Waals surface area contributed by atoms with Crippen molar-refractivity contribution in [2.24, 2.45) is 0 Å². The molecule has 3 aromatic rings. The molecule has 2 N–H and O–H groups in total. The molecule has 5 rings (SSSR count). The SMILES string of the molecule is Cc1ccn(-c2ccc(-c3nnc(OC4CC5CC(F)(F)C(C4)N5)s3)c(O)c2)n1. The van der Waals surface area contributed by atoms with Crippen molar-refractivity contribution in [2.75, 3.05) is 0 Å². The van der Waals surface area contributed by atoms with Gasteiger partial charge in [0.2, 0.25) is 0 Å². The Kier molecular flexibility index (Phi) is 4.28. The molecule has 152 valence electrons. The molecule has 2 aliphatic heterocycles. The van der Waals surface area contributed by atoms with Gasteiger partial charge >= 0.3 is 0 Å². The maximum absolute atomic E-state index is 13.9. The highest BCUT2D eigenvalue weighted by Gasteiger charge is 2.53. The lowest BCUT2D eigenvalue weighted by Gasteiger charge is -2.28. The summed E-state index contributed by atoms with van der Waals surface area (Å²) in [5.41, 5.74) is 2.14. The van der Waals surface area contributed by atoms with E-state index < -0.39 is 12.0 Å². The third kappa shape index (κ3) is 3.46. The third-order valence-corrected chi connectivity index (χ3v) is 6.23. The van der Waals surface area contributed by atoms with Crippen LogP contribution in [0.15, 0.2) is 30.5 Å². The van der Waals surface area contributed by atoms with E-state index >= 15 is 0 Å². The van der Waals surface area contributed by atoms with Gasteiger partial charge in [0.05, 0.1) is 23.0 Å². The summed E-state index contributed by atoms with van der Waals surface area (Å²) in [7, 11) is 0. The molecule has 3 atom stereocenters. The number of nitrogens with zero attached hydrogens (tertiary/aromatic N) is 4. The first-order valence-corrected chi connectivity index (χ1v) is 10.2. The van der Waals surface area contributed by atoms with Crippen molar-refractivity contribution in [1.82, 2.24) is 25.3 Å². The minimum absolute atomic E-state index is 0.0536. The number of hydrogen-bond donors (Lipinski definition) is 2. The van der Waals surface area contributed by atoms with Crippen molar-refractivity contribution >= 4 is 11.3 Å². The number of alkyl halides is 2. The summed E-state index contributed by atoms with van der Waals surface area (Å²) in [6.45, 7) is 1.89. The lowest BCUT2D eigenvalue weighted by atomic mass is 10.0. The Balaban J connectivity index is 1.31. The van der Waals surface area contributed by atoms with Crippen molar-refractivity contribution in [3.05, 3.63) is 36.2 Å². The number of aryl methyl sites for hydroxylation is 1. The van der Waals surface area contributed by atoms with Crippen LogP contribution in [-0.2, 0) is 0 Å². The quantitative estimate of drug-likeness (QED) is 0.675. The van der Waals surface area contributed by atoms with Crippen LogP contribution in [0.1, 0.15) is 25.0 Å². The van der Waals surface area contributed by atoms with Crippen LogP contribution < -0.4 is 10.1 Å². The molecule has 0 amide bonds. The number of aromatic hydroxyl groups is 1. The van der Waals surface area contributed by atoms with E-state index in [1.165, 1.54) is 11.3 Å². The topological polar surface area (TPSA) is 85.1 Å². The Hall–Kier alpha value is -2.59. The number of piperidine rings is 1. The summed E-state index contributed by atoms with van der Waals surface area (Å²) in [6, 6.07) is 5.98. The van der Waals surface area contributed by atoms with E-state index in [0.717, 1.165) is 11.4 Å². The van der Waals surface area contributed by atoms with Gasteiger partial charge in [-0.3, -0.25) is 0 Å². The monoisotopic (exact) mass is 419 g/mol. The van der Waals surface area contributed by atoms with Gasteiger partial charge in [-0.2, -0.15) is 5.10 Å². The van der Waals surface area contributed by atoms with Gasteiger partial charge in [0, 0.05) is 31.1 Å². The Bertz CT molecular complexity index is 1050. The number of aromatic nitrogens is 4. The van der Waals surface area contributed by atoms with Crippen molar-refractivity contribution in [3.63, 3.8) is 0 Å². The average molecular weight is 419 g/mol. The number of phenolic OH excluding ortho intramolecular Hbond substituents is 1. The van der Waals surface area contributed by atoms with Crippen LogP contribution in [0.3, 0.4) is 0 Å². The van der Waals surface area contributed by atoms with E-state index in [1.54, 1.807) is 16.8 Å². The van der Waals surface area contributed by atoms with Crippen LogP contribution >= 0.6 is 11.3 Å². The molecule has 29 heavy (non-hydrogen) atoms. The number of phenols is 1. The predicted molar refractivity (Wildman–Crippen MR) is 103 cm³/mol. The predicted octanol–water partition coefficient (Wildman–Crippen LogP) is 3.31. The van der Waals surface area contributed by atoms with Crippen molar-refractivity contribution in [2.45, 2.75) is 50.3 Å². The van der Waals surface area contributed by atoms with Gasteiger partial charge in [0.25, 0.3) is 11.1 Å². The van der Waals surface area contributed by atoms with E-state index in [9.17, 15) is 13.9 Å². The van der Waals surface area contributed by atoms with Crippen LogP contribution in [0.25, 0.3) is 16.3 Å². The normalized spacial score (nSPS) is 25.3. The lowest BCUT2D eigenvalue weighted by molar-refractivity contribution is -0.0192. The second kappa shape index (κ2) is 6.74. The maximum Gasteiger partial charge on any atom is 0.294 e. The molecule has 2 saturated heterocycles. The fourth-order valence-electron chi connectivity index (χ4n) is 4.01. The van der Waals surface area contributed by atoms with Crippen molar-refractivity contribution < 1.29 is 18.6 Å². The fourth-order valence-corrected chi connectivity index (χ4v) is 4.81. The molecule has 4 heterocycles. The largest absolute Gasteiger partial charge is 0.507 e. The molecule has 1 aromatic carbocycles. The Morgan fingerprint density at radius 2 is 2.14 bits per heavy atom. The number of benzene rings is 1. The minimum Gasteiger partial charge on any atom is -0.507 e. The van der Waals surface area contributed by atoms with Gasteiger partial charge in [0.1, 0.15) is 11.9 Å². The van der Waals surface area contributed by atoms with E-state index in [4.69, 9.17) is 4.74 Å². The number of rotatable bonds is 4. The zero-order valence-electron chi connectivity index (χ0n) is 15.5. The first-order valence-electron chi connectivity index (χ1n) is 9.37. The van der Waals surface area contributed by atoms with E-state index in [-0.39, 0.29) is 30.7 Å². The standard InChI is InChI=1S/C19H19F2N5O2S/c1-10-4-5-26(25-10)12-2-3-14(15(27)7-12)17-23-24-18(29-17)28-13-6-11-9-19(20,21)16(8-13)22-11/h2-5,7,11,13,16,22,27H,6,8-9H2,1H3. The van der Waals surface area contributed by atoms with Gasteiger partial charge < -0.3 is 15.2 Å². The first kappa shape index (κ1) is 18.4. The van der Waals surface area contributed by atoms with Crippen LogP contribution in [0.5, 0.6) is 10.9 Å². The summed E-state index contributed by atoms with van der Waals surface area (Å²) >= 11 is 1.19. The van der Waals surface area contributed by atoms with Gasteiger partial charge in [-0.05, 0) is 31.5 Å².